The fraction of sp³-hybridized carbons (Fsp3) is 0.429. The molecule has 1 aromatic heterocycles. The summed E-state index contributed by atoms with van der Waals surface area (Å²) in [5.74, 6) is 0.207. The van der Waals surface area contributed by atoms with Crippen LogP contribution in [0.15, 0.2) is 6.07 Å². The minimum absolute atomic E-state index is 0.233. The maximum absolute atomic E-state index is 10.7. The smallest absolute Gasteiger partial charge is 0.305 e. The highest BCUT2D eigenvalue weighted by molar-refractivity contribution is 5.69. The monoisotopic (exact) mass is 169 g/mol. The summed E-state index contributed by atoms with van der Waals surface area (Å²) in [5.41, 5.74) is 6.20. The van der Waals surface area contributed by atoms with Gasteiger partial charge in [0.2, 0.25) is 0 Å². The highest BCUT2D eigenvalue weighted by Gasteiger charge is 2.02. The lowest BCUT2D eigenvalue weighted by Gasteiger charge is -1.95. The quantitative estimate of drug-likeness (QED) is 0.628. The highest BCUT2D eigenvalue weighted by atomic mass is 16.5. The van der Waals surface area contributed by atoms with Crippen molar-refractivity contribution in [2.24, 2.45) is 0 Å². The summed E-state index contributed by atoms with van der Waals surface area (Å²) in [7, 11) is 1.36. The molecule has 3 N–H and O–H groups in total. The first kappa shape index (κ1) is 8.58. The van der Waals surface area contributed by atoms with Crippen LogP contribution in [-0.4, -0.2) is 23.3 Å². The average Bonchev–Trinajstić information content (AvgIpc) is 2.47. The van der Waals surface area contributed by atoms with E-state index >= 15 is 0 Å². The topological polar surface area (TPSA) is 81.0 Å². The van der Waals surface area contributed by atoms with E-state index in [1.54, 1.807) is 6.07 Å². The van der Waals surface area contributed by atoms with Crippen molar-refractivity contribution >= 4 is 11.8 Å². The lowest BCUT2D eigenvalue weighted by atomic mass is 10.2. The highest BCUT2D eigenvalue weighted by Crippen LogP contribution is 2.03. The number of nitrogens with zero attached hydrogens (tertiary/aromatic N) is 1. The number of rotatable bonds is 3. The standard InChI is InChI=1S/C7H11N3O2/c1-12-7(11)3-2-5-4-6(8)10-9-5/h4H,2-3H2,1H3,(H3,8,9,10). The second-order valence-corrected chi connectivity index (χ2v) is 2.39. The van der Waals surface area contributed by atoms with Gasteiger partial charge >= 0.3 is 5.97 Å². The summed E-state index contributed by atoms with van der Waals surface area (Å²) < 4.78 is 4.47. The van der Waals surface area contributed by atoms with Gasteiger partial charge in [0.1, 0.15) is 5.82 Å². The van der Waals surface area contributed by atoms with Crippen LogP contribution in [-0.2, 0) is 16.0 Å². The Morgan fingerprint density at radius 3 is 3.08 bits per heavy atom. The van der Waals surface area contributed by atoms with E-state index in [9.17, 15) is 4.79 Å². The number of esters is 1. The summed E-state index contributed by atoms with van der Waals surface area (Å²) in [4.78, 5) is 10.7. The van der Waals surface area contributed by atoms with Crippen LogP contribution in [0.3, 0.4) is 0 Å². The van der Waals surface area contributed by atoms with Crippen LogP contribution in [0.5, 0.6) is 0 Å². The van der Waals surface area contributed by atoms with Gasteiger partial charge < -0.3 is 10.5 Å². The third kappa shape index (κ3) is 2.26. The van der Waals surface area contributed by atoms with E-state index in [1.165, 1.54) is 7.11 Å². The number of carbonyl (C=O) groups excluding carboxylic acids is 1. The molecule has 0 atom stereocenters. The lowest BCUT2D eigenvalue weighted by molar-refractivity contribution is -0.140. The first-order chi connectivity index (χ1) is 5.72. The molecule has 0 fully saturated rings. The molecule has 5 heteroatoms. The van der Waals surface area contributed by atoms with E-state index in [0.717, 1.165) is 5.69 Å². The zero-order valence-electron chi connectivity index (χ0n) is 6.83. The maximum atomic E-state index is 10.7. The first-order valence-electron chi connectivity index (χ1n) is 3.59. The predicted octanol–water partition coefficient (Wildman–Crippen LogP) is 0.0975. The lowest BCUT2D eigenvalue weighted by Crippen LogP contribution is -2.01. The van der Waals surface area contributed by atoms with Gasteiger partial charge in [0.05, 0.1) is 13.5 Å². The van der Waals surface area contributed by atoms with E-state index in [0.29, 0.717) is 18.7 Å². The van der Waals surface area contributed by atoms with Crippen molar-refractivity contribution in [3.05, 3.63) is 11.8 Å². The first-order valence-corrected chi connectivity index (χ1v) is 3.59. The van der Waals surface area contributed by atoms with E-state index in [4.69, 9.17) is 5.73 Å². The predicted molar refractivity (Wildman–Crippen MR) is 43.3 cm³/mol. The van der Waals surface area contributed by atoms with Crippen LogP contribution in [0.1, 0.15) is 12.1 Å². The van der Waals surface area contributed by atoms with Crippen molar-refractivity contribution in [3.8, 4) is 0 Å². The number of hydrogen-bond acceptors (Lipinski definition) is 4. The fourth-order valence-corrected chi connectivity index (χ4v) is 0.846. The molecule has 0 aliphatic carbocycles. The zero-order chi connectivity index (χ0) is 8.97. The molecule has 1 heterocycles. The SMILES string of the molecule is COC(=O)CCc1cc(N)n[nH]1. The molecule has 66 valence electrons. The van der Waals surface area contributed by atoms with Gasteiger partial charge in [0.25, 0.3) is 0 Å². The molecule has 0 saturated heterocycles. The van der Waals surface area contributed by atoms with Gasteiger partial charge in [-0.3, -0.25) is 9.89 Å². The summed E-state index contributed by atoms with van der Waals surface area (Å²) in [5, 5.41) is 6.42. The molecule has 0 aliphatic heterocycles. The Balaban J connectivity index is 2.38. The third-order valence-electron chi connectivity index (χ3n) is 1.48. The second-order valence-electron chi connectivity index (χ2n) is 2.39. The maximum Gasteiger partial charge on any atom is 0.305 e. The number of nitrogen functional groups attached to an aromatic ring is 1. The Morgan fingerprint density at radius 2 is 2.58 bits per heavy atom. The number of carbonyl (C=O) groups is 1. The molecule has 5 nitrogen and oxygen atoms in total. The number of nitrogens with one attached hydrogen (secondary N) is 1. The summed E-state index contributed by atoms with van der Waals surface area (Å²) in [6.45, 7) is 0. The number of aromatic nitrogens is 2. The molecular formula is C7H11N3O2. The Hall–Kier alpha value is -1.52. The minimum atomic E-state index is -0.233. The van der Waals surface area contributed by atoms with Gasteiger partial charge in [0.15, 0.2) is 0 Å². The van der Waals surface area contributed by atoms with Crippen molar-refractivity contribution in [1.82, 2.24) is 10.2 Å². The van der Waals surface area contributed by atoms with Gasteiger partial charge in [0, 0.05) is 11.8 Å². The summed E-state index contributed by atoms with van der Waals surface area (Å²) >= 11 is 0. The number of ether oxygens (including phenoxy) is 1. The molecule has 0 saturated carbocycles. The Morgan fingerprint density at radius 1 is 1.83 bits per heavy atom. The van der Waals surface area contributed by atoms with Gasteiger partial charge in [-0.25, -0.2) is 0 Å². The van der Waals surface area contributed by atoms with Crippen LogP contribution in [0.2, 0.25) is 0 Å². The molecule has 0 unspecified atom stereocenters. The Kier molecular flexibility index (Phi) is 2.68. The van der Waals surface area contributed by atoms with Crippen LogP contribution in [0.25, 0.3) is 0 Å². The van der Waals surface area contributed by atoms with Gasteiger partial charge in [-0.2, -0.15) is 5.10 Å². The zero-order valence-corrected chi connectivity index (χ0v) is 6.83. The largest absolute Gasteiger partial charge is 0.469 e. The van der Waals surface area contributed by atoms with Crippen LogP contribution >= 0.6 is 0 Å². The number of nitrogens with two attached hydrogens (primary N) is 1. The molecule has 1 rings (SSSR count). The molecule has 0 aliphatic rings. The number of aromatic amines is 1. The van der Waals surface area contributed by atoms with Gasteiger partial charge in [-0.1, -0.05) is 0 Å². The average molecular weight is 169 g/mol. The molecule has 0 bridgehead atoms. The normalized spacial score (nSPS) is 9.75. The number of H-pyrrole nitrogens is 1. The molecular weight excluding hydrogens is 158 g/mol. The number of anilines is 1. The molecule has 0 radical (unpaired) electrons. The number of hydrogen-bond donors (Lipinski definition) is 2. The molecule has 12 heavy (non-hydrogen) atoms. The van der Waals surface area contributed by atoms with Crippen LogP contribution in [0.4, 0.5) is 5.82 Å². The Bertz CT molecular complexity index is 269. The summed E-state index contributed by atoms with van der Waals surface area (Å²) in [6, 6.07) is 1.70. The van der Waals surface area contributed by atoms with Crippen LogP contribution in [0, 0.1) is 0 Å². The third-order valence-corrected chi connectivity index (χ3v) is 1.48. The molecule has 0 aromatic carbocycles. The number of methoxy groups -OCH3 is 1. The van der Waals surface area contributed by atoms with Crippen molar-refractivity contribution in [1.29, 1.82) is 0 Å². The van der Waals surface area contributed by atoms with E-state index < -0.39 is 0 Å². The van der Waals surface area contributed by atoms with Crippen molar-refractivity contribution < 1.29 is 9.53 Å². The van der Waals surface area contributed by atoms with Gasteiger partial charge in [-0.15, -0.1) is 0 Å². The van der Waals surface area contributed by atoms with Crippen molar-refractivity contribution in [3.63, 3.8) is 0 Å². The Labute approximate surface area is 69.9 Å². The van der Waals surface area contributed by atoms with E-state index in [2.05, 4.69) is 14.9 Å². The second kappa shape index (κ2) is 3.75. The fourth-order valence-electron chi connectivity index (χ4n) is 0.846. The molecule has 0 amide bonds. The van der Waals surface area contributed by atoms with Gasteiger partial charge in [-0.05, 0) is 6.42 Å². The minimum Gasteiger partial charge on any atom is -0.469 e. The van der Waals surface area contributed by atoms with E-state index in [-0.39, 0.29) is 5.97 Å². The summed E-state index contributed by atoms with van der Waals surface area (Å²) in [6.07, 6.45) is 0.926. The van der Waals surface area contributed by atoms with Crippen molar-refractivity contribution in [2.45, 2.75) is 12.8 Å². The molecule has 0 spiro atoms. The molecule has 1 aromatic rings. The van der Waals surface area contributed by atoms with E-state index in [1.807, 2.05) is 0 Å². The van der Waals surface area contributed by atoms with Crippen LogP contribution < -0.4 is 5.73 Å². The van der Waals surface area contributed by atoms with Crippen molar-refractivity contribution in [2.75, 3.05) is 12.8 Å². The number of aryl methyl sites for hydroxylation is 1.